The second-order valence-electron chi connectivity index (χ2n) is 4.95. The normalized spacial score (nSPS) is 13.8. The molecule has 0 unspecified atom stereocenters. The highest BCUT2D eigenvalue weighted by atomic mass is 35.5. The van der Waals surface area contributed by atoms with Crippen molar-refractivity contribution in [3.05, 3.63) is 47.2 Å². The molecule has 1 aliphatic rings. The lowest BCUT2D eigenvalue weighted by Gasteiger charge is -2.09. The lowest BCUT2D eigenvalue weighted by molar-refractivity contribution is 0.299. The lowest BCUT2D eigenvalue weighted by atomic mass is 10.0. The molecule has 100 valence electrons. The molecule has 4 heteroatoms. The fourth-order valence-electron chi connectivity index (χ4n) is 1.96. The molecule has 0 spiro atoms. The minimum absolute atomic E-state index is 0.457. The van der Waals surface area contributed by atoms with Gasteiger partial charge < -0.3 is 4.74 Å². The minimum atomic E-state index is 0.457. The highest BCUT2D eigenvalue weighted by molar-refractivity contribution is 6.29. The summed E-state index contributed by atoms with van der Waals surface area (Å²) < 4.78 is 5.70. The Labute approximate surface area is 122 Å². The lowest BCUT2D eigenvalue weighted by Crippen LogP contribution is -2.00. The molecular weight excluding hydrogens is 272 g/mol. The van der Waals surface area contributed by atoms with Crippen LogP contribution in [-0.2, 0) is 0 Å². The van der Waals surface area contributed by atoms with Crippen molar-refractivity contribution in [2.24, 2.45) is 5.92 Å². The SMILES string of the molecule is N#Cc1cc(-c2ccc(Cl)nc2)ccc1OCC1CC1. The van der Waals surface area contributed by atoms with Gasteiger partial charge in [-0.15, -0.1) is 0 Å². The minimum Gasteiger partial charge on any atom is -0.492 e. The number of hydrogen-bond donors (Lipinski definition) is 0. The number of ether oxygens (including phenoxy) is 1. The molecule has 1 aromatic heterocycles. The quantitative estimate of drug-likeness (QED) is 0.795. The van der Waals surface area contributed by atoms with Crippen LogP contribution in [0.4, 0.5) is 0 Å². The van der Waals surface area contributed by atoms with Gasteiger partial charge in [-0.05, 0) is 48.6 Å². The Morgan fingerprint density at radius 2 is 2.05 bits per heavy atom. The molecule has 0 atom stereocenters. The van der Waals surface area contributed by atoms with Crippen LogP contribution in [0.1, 0.15) is 18.4 Å². The fraction of sp³-hybridized carbons (Fsp3) is 0.250. The molecule has 1 aromatic carbocycles. The largest absolute Gasteiger partial charge is 0.492 e. The number of rotatable bonds is 4. The standard InChI is InChI=1S/C16H13ClN2O/c17-16-6-4-13(9-19-16)12-3-5-15(14(7-12)8-18)20-10-11-1-2-11/h3-7,9,11H,1-2,10H2. The van der Waals surface area contributed by atoms with E-state index in [2.05, 4.69) is 11.1 Å². The molecule has 0 N–H and O–H groups in total. The van der Waals surface area contributed by atoms with Crippen molar-refractivity contribution in [2.75, 3.05) is 6.61 Å². The molecule has 0 bridgehead atoms. The second kappa shape index (κ2) is 5.52. The van der Waals surface area contributed by atoms with Crippen molar-refractivity contribution >= 4 is 11.6 Å². The summed E-state index contributed by atoms with van der Waals surface area (Å²) in [5, 5.41) is 9.71. The molecule has 1 saturated carbocycles. The molecule has 0 aliphatic heterocycles. The van der Waals surface area contributed by atoms with Gasteiger partial charge in [0.25, 0.3) is 0 Å². The first kappa shape index (κ1) is 13.0. The number of nitriles is 1. The Balaban J connectivity index is 1.85. The van der Waals surface area contributed by atoms with Gasteiger partial charge in [-0.1, -0.05) is 17.7 Å². The number of hydrogen-bond acceptors (Lipinski definition) is 3. The Morgan fingerprint density at radius 3 is 2.70 bits per heavy atom. The van der Waals surface area contributed by atoms with Crippen LogP contribution in [0, 0.1) is 17.2 Å². The third kappa shape index (κ3) is 2.92. The molecule has 0 saturated heterocycles. The van der Waals surface area contributed by atoms with Crippen LogP contribution in [0.25, 0.3) is 11.1 Å². The van der Waals surface area contributed by atoms with E-state index in [-0.39, 0.29) is 0 Å². The first-order valence-electron chi connectivity index (χ1n) is 6.55. The molecule has 0 radical (unpaired) electrons. The second-order valence-corrected chi connectivity index (χ2v) is 5.33. The zero-order valence-electron chi connectivity index (χ0n) is 10.8. The molecule has 1 fully saturated rings. The summed E-state index contributed by atoms with van der Waals surface area (Å²) in [7, 11) is 0. The number of nitrogens with zero attached hydrogens (tertiary/aromatic N) is 2. The maximum absolute atomic E-state index is 9.25. The van der Waals surface area contributed by atoms with Crippen LogP contribution in [-0.4, -0.2) is 11.6 Å². The van der Waals surface area contributed by atoms with Crippen LogP contribution >= 0.6 is 11.6 Å². The zero-order valence-corrected chi connectivity index (χ0v) is 11.6. The van der Waals surface area contributed by atoms with E-state index in [0.717, 1.165) is 11.1 Å². The summed E-state index contributed by atoms with van der Waals surface area (Å²) in [5.41, 5.74) is 2.42. The Kier molecular flexibility index (Phi) is 3.58. The number of aromatic nitrogens is 1. The van der Waals surface area contributed by atoms with Crippen molar-refractivity contribution in [3.8, 4) is 22.9 Å². The van der Waals surface area contributed by atoms with E-state index < -0.39 is 0 Å². The van der Waals surface area contributed by atoms with Gasteiger partial charge in [-0.3, -0.25) is 0 Å². The average molecular weight is 285 g/mol. The van der Waals surface area contributed by atoms with Gasteiger partial charge in [-0.2, -0.15) is 5.26 Å². The van der Waals surface area contributed by atoms with Crippen molar-refractivity contribution in [1.29, 1.82) is 5.26 Å². The van der Waals surface area contributed by atoms with Crippen molar-refractivity contribution in [3.63, 3.8) is 0 Å². The fourth-order valence-corrected chi connectivity index (χ4v) is 2.07. The first-order valence-corrected chi connectivity index (χ1v) is 6.93. The maximum Gasteiger partial charge on any atom is 0.137 e. The predicted octanol–water partition coefficient (Wildman–Crippen LogP) is 4.06. The Morgan fingerprint density at radius 1 is 1.25 bits per heavy atom. The monoisotopic (exact) mass is 284 g/mol. The zero-order chi connectivity index (χ0) is 13.9. The number of benzene rings is 1. The van der Waals surface area contributed by atoms with Gasteiger partial charge in [0.2, 0.25) is 0 Å². The van der Waals surface area contributed by atoms with Gasteiger partial charge in [0.15, 0.2) is 0 Å². The third-order valence-electron chi connectivity index (χ3n) is 3.33. The van der Waals surface area contributed by atoms with Crippen LogP contribution < -0.4 is 4.74 Å². The third-order valence-corrected chi connectivity index (χ3v) is 3.56. The van der Waals surface area contributed by atoms with Gasteiger partial charge >= 0.3 is 0 Å². The summed E-state index contributed by atoms with van der Waals surface area (Å²) in [6, 6.07) is 11.4. The van der Waals surface area contributed by atoms with Gasteiger partial charge in [0.05, 0.1) is 12.2 Å². The van der Waals surface area contributed by atoms with E-state index in [1.165, 1.54) is 12.8 Å². The van der Waals surface area contributed by atoms with Crippen LogP contribution in [0.3, 0.4) is 0 Å². The van der Waals surface area contributed by atoms with E-state index in [1.54, 1.807) is 12.3 Å². The molecule has 1 aliphatic carbocycles. The van der Waals surface area contributed by atoms with E-state index >= 15 is 0 Å². The molecule has 0 amide bonds. The smallest absolute Gasteiger partial charge is 0.137 e. The van der Waals surface area contributed by atoms with Crippen LogP contribution in [0.15, 0.2) is 36.5 Å². The van der Waals surface area contributed by atoms with Crippen LogP contribution in [0.5, 0.6) is 5.75 Å². The summed E-state index contributed by atoms with van der Waals surface area (Å²) in [5.74, 6) is 1.33. The molecule has 20 heavy (non-hydrogen) atoms. The van der Waals surface area contributed by atoms with E-state index in [0.29, 0.717) is 29.0 Å². The topological polar surface area (TPSA) is 45.9 Å². The highest BCUT2D eigenvalue weighted by Gasteiger charge is 2.22. The average Bonchev–Trinajstić information content (AvgIpc) is 3.30. The Bertz CT molecular complexity index is 657. The van der Waals surface area contributed by atoms with Gasteiger partial charge in [0, 0.05) is 11.8 Å². The number of pyridine rings is 1. The van der Waals surface area contributed by atoms with Crippen molar-refractivity contribution in [1.82, 2.24) is 4.98 Å². The van der Waals surface area contributed by atoms with E-state index in [9.17, 15) is 5.26 Å². The molecule has 3 nitrogen and oxygen atoms in total. The molecule has 2 aromatic rings. The summed E-state index contributed by atoms with van der Waals surface area (Å²) in [4.78, 5) is 4.05. The maximum atomic E-state index is 9.25. The molecule has 1 heterocycles. The molecule has 3 rings (SSSR count). The Hall–Kier alpha value is -2.05. The van der Waals surface area contributed by atoms with E-state index in [1.807, 2.05) is 24.3 Å². The van der Waals surface area contributed by atoms with Crippen molar-refractivity contribution in [2.45, 2.75) is 12.8 Å². The molecular formula is C16H13ClN2O. The van der Waals surface area contributed by atoms with Crippen molar-refractivity contribution < 1.29 is 4.74 Å². The highest BCUT2D eigenvalue weighted by Crippen LogP contribution is 2.31. The summed E-state index contributed by atoms with van der Waals surface area (Å²) >= 11 is 5.78. The summed E-state index contributed by atoms with van der Waals surface area (Å²) in [6.45, 7) is 0.705. The van der Waals surface area contributed by atoms with E-state index in [4.69, 9.17) is 16.3 Å². The predicted molar refractivity (Wildman–Crippen MR) is 77.6 cm³/mol. The van der Waals surface area contributed by atoms with Gasteiger partial charge in [-0.25, -0.2) is 4.98 Å². The van der Waals surface area contributed by atoms with Gasteiger partial charge in [0.1, 0.15) is 17.0 Å². The van der Waals surface area contributed by atoms with Crippen LogP contribution in [0.2, 0.25) is 5.15 Å². The number of halogens is 1. The first-order chi connectivity index (χ1) is 9.76. The summed E-state index contributed by atoms with van der Waals surface area (Å²) in [6.07, 6.45) is 4.16.